The predicted octanol–water partition coefficient (Wildman–Crippen LogP) is 5.20. The van der Waals surface area contributed by atoms with Gasteiger partial charge in [-0.2, -0.15) is 10.4 Å². The zero-order valence-electron chi connectivity index (χ0n) is 17.5. The van der Waals surface area contributed by atoms with E-state index in [2.05, 4.69) is 37.3 Å². The Kier molecular flexibility index (Phi) is 4.62. The number of nitrogens with zero attached hydrogens (tertiary/aromatic N) is 4. The van der Waals surface area contributed by atoms with Crippen molar-refractivity contribution >= 4 is 33.3 Å². The van der Waals surface area contributed by atoms with Crippen LogP contribution < -0.4 is 5.32 Å². The fourth-order valence-electron chi connectivity index (χ4n) is 4.32. The maximum Gasteiger partial charge on any atom is 0.257 e. The van der Waals surface area contributed by atoms with Crippen LogP contribution in [-0.4, -0.2) is 20.7 Å². The van der Waals surface area contributed by atoms with Gasteiger partial charge in [-0.3, -0.25) is 4.79 Å². The zero-order chi connectivity index (χ0) is 21.0. The summed E-state index contributed by atoms with van der Waals surface area (Å²) in [5.41, 5.74) is 4.09. The van der Waals surface area contributed by atoms with E-state index in [0.717, 1.165) is 54.4 Å². The molecule has 1 N–H and O–H groups in total. The monoisotopic (exact) mass is 419 g/mol. The van der Waals surface area contributed by atoms with Crippen molar-refractivity contribution in [3.63, 3.8) is 0 Å². The van der Waals surface area contributed by atoms with Crippen molar-refractivity contribution in [2.24, 2.45) is 5.92 Å². The first-order valence-corrected chi connectivity index (χ1v) is 11.5. The number of rotatable bonds is 4. The number of thiophene rings is 1. The first-order valence-electron chi connectivity index (χ1n) is 10.7. The van der Waals surface area contributed by atoms with Gasteiger partial charge in [0, 0.05) is 22.5 Å². The van der Waals surface area contributed by atoms with Gasteiger partial charge in [0.1, 0.15) is 11.1 Å². The van der Waals surface area contributed by atoms with Gasteiger partial charge in [0.05, 0.1) is 22.7 Å². The predicted molar refractivity (Wildman–Crippen MR) is 118 cm³/mol. The number of pyridine rings is 1. The van der Waals surface area contributed by atoms with Crippen LogP contribution >= 0.6 is 11.3 Å². The van der Waals surface area contributed by atoms with Crippen LogP contribution in [-0.2, 0) is 12.8 Å². The van der Waals surface area contributed by atoms with Crippen LogP contribution in [0.2, 0.25) is 0 Å². The normalized spacial score (nSPS) is 18.4. The maximum absolute atomic E-state index is 13.4. The highest BCUT2D eigenvalue weighted by molar-refractivity contribution is 7.16. The summed E-state index contributed by atoms with van der Waals surface area (Å²) in [6.07, 6.45) is 6.96. The van der Waals surface area contributed by atoms with E-state index in [9.17, 15) is 10.1 Å². The number of hydrogen-bond acceptors (Lipinski definition) is 5. The van der Waals surface area contributed by atoms with E-state index in [-0.39, 0.29) is 11.9 Å². The lowest BCUT2D eigenvalue weighted by Crippen LogP contribution is -2.14. The minimum atomic E-state index is -0.184. The van der Waals surface area contributed by atoms with E-state index in [4.69, 9.17) is 4.98 Å². The molecule has 0 radical (unpaired) electrons. The molecule has 6 nitrogen and oxygen atoms in total. The summed E-state index contributed by atoms with van der Waals surface area (Å²) in [6, 6.07) is 4.42. The van der Waals surface area contributed by atoms with E-state index < -0.39 is 0 Å². The van der Waals surface area contributed by atoms with E-state index in [1.165, 1.54) is 4.88 Å². The van der Waals surface area contributed by atoms with E-state index in [0.29, 0.717) is 28.0 Å². The number of nitriles is 1. The van der Waals surface area contributed by atoms with Crippen LogP contribution in [0.3, 0.4) is 0 Å². The van der Waals surface area contributed by atoms with Gasteiger partial charge in [-0.05, 0) is 63.5 Å². The molecule has 0 bridgehead atoms. The van der Waals surface area contributed by atoms with Crippen molar-refractivity contribution in [3.8, 4) is 6.07 Å². The summed E-state index contributed by atoms with van der Waals surface area (Å²) >= 11 is 1.56. The van der Waals surface area contributed by atoms with E-state index in [1.54, 1.807) is 17.5 Å². The second-order valence-corrected chi connectivity index (χ2v) is 10.0. The maximum atomic E-state index is 13.4. The van der Waals surface area contributed by atoms with Gasteiger partial charge >= 0.3 is 0 Å². The number of carbonyl (C=O) groups is 1. The number of fused-ring (bicyclic) bond motifs is 2. The van der Waals surface area contributed by atoms with Crippen LogP contribution in [0.5, 0.6) is 0 Å². The molecular formula is C23H25N5OS. The molecular weight excluding hydrogens is 394 g/mol. The van der Waals surface area contributed by atoms with Crippen LogP contribution in [0.15, 0.2) is 12.3 Å². The average molecular weight is 420 g/mol. The van der Waals surface area contributed by atoms with Gasteiger partial charge in [0.15, 0.2) is 5.65 Å². The quantitative estimate of drug-likeness (QED) is 0.630. The number of nitrogens with one attached hydrogen (secondary N) is 1. The van der Waals surface area contributed by atoms with Crippen molar-refractivity contribution in [1.29, 1.82) is 5.26 Å². The van der Waals surface area contributed by atoms with Crippen LogP contribution in [0.1, 0.15) is 84.0 Å². The second-order valence-electron chi connectivity index (χ2n) is 8.91. The third-order valence-corrected chi connectivity index (χ3v) is 7.34. The van der Waals surface area contributed by atoms with Gasteiger partial charge in [0.25, 0.3) is 5.91 Å². The average Bonchev–Trinajstić information content (AvgIpc) is 3.38. The van der Waals surface area contributed by atoms with Gasteiger partial charge in [0.2, 0.25) is 0 Å². The van der Waals surface area contributed by atoms with E-state index >= 15 is 0 Å². The molecule has 154 valence electrons. The standard InChI is InChI=1S/C23H25N5OS/c1-12(2)28-21-18(11-25-28)16(9-19(26-21)14-5-6-14)22(29)27-23-17(10-24)15-7-4-13(3)8-20(15)30-23/h9,11-14H,4-8H2,1-3H3,(H,27,29). The number of anilines is 1. The smallest absolute Gasteiger partial charge is 0.257 e. The fourth-order valence-corrected chi connectivity index (χ4v) is 5.68. The lowest BCUT2D eigenvalue weighted by Gasteiger charge is -2.17. The second kappa shape index (κ2) is 7.21. The highest BCUT2D eigenvalue weighted by Crippen LogP contribution is 2.41. The molecule has 2 aliphatic rings. The molecule has 1 fully saturated rings. The molecule has 0 spiro atoms. The van der Waals surface area contributed by atoms with Gasteiger partial charge in [-0.15, -0.1) is 11.3 Å². The Morgan fingerprint density at radius 2 is 2.17 bits per heavy atom. The third kappa shape index (κ3) is 3.20. The van der Waals surface area contributed by atoms with Crippen molar-refractivity contribution in [2.45, 2.75) is 64.8 Å². The van der Waals surface area contributed by atoms with Crippen molar-refractivity contribution < 1.29 is 4.79 Å². The Hall–Kier alpha value is -2.72. The molecule has 0 aromatic carbocycles. The number of amides is 1. The summed E-state index contributed by atoms with van der Waals surface area (Å²) < 4.78 is 1.88. The molecule has 0 saturated heterocycles. The third-order valence-electron chi connectivity index (χ3n) is 6.17. The van der Waals surface area contributed by atoms with Gasteiger partial charge < -0.3 is 5.32 Å². The molecule has 1 amide bonds. The molecule has 0 aliphatic heterocycles. The van der Waals surface area contributed by atoms with Crippen molar-refractivity contribution in [1.82, 2.24) is 14.8 Å². The Morgan fingerprint density at radius 3 is 2.87 bits per heavy atom. The molecule has 7 heteroatoms. The Morgan fingerprint density at radius 1 is 1.37 bits per heavy atom. The largest absolute Gasteiger partial charge is 0.312 e. The molecule has 3 heterocycles. The van der Waals surface area contributed by atoms with Crippen molar-refractivity contribution in [2.75, 3.05) is 5.32 Å². The summed E-state index contributed by atoms with van der Waals surface area (Å²) in [6.45, 7) is 6.37. The highest BCUT2D eigenvalue weighted by Gasteiger charge is 2.29. The van der Waals surface area contributed by atoms with Crippen LogP contribution in [0.25, 0.3) is 11.0 Å². The zero-order valence-corrected chi connectivity index (χ0v) is 18.3. The SMILES string of the molecule is CC1CCc2c(sc(NC(=O)c3cc(C4CC4)nc4c3cnn4C(C)C)c2C#N)C1. The summed E-state index contributed by atoms with van der Waals surface area (Å²) in [5.74, 6) is 0.867. The van der Waals surface area contributed by atoms with E-state index in [1.807, 2.05) is 10.7 Å². The lowest BCUT2D eigenvalue weighted by molar-refractivity contribution is 0.102. The fraction of sp³-hybridized carbons (Fsp3) is 0.478. The number of carbonyl (C=O) groups excluding carboxylic acids is 1. The highest BCUT2D eigenvalue weighted by atomic mass is 32.1. The summed E-state index contributed by atoms with van der Waals surface area (Å²) in [7, 11) is 0. The number of hydrogen-bond donors (Lipinski definition) is 1. The summed E-state index contributed by atoms with van der Waals surface area (Å²) in [5, 5.41) is 18.7. The minimum absolute atomic E-state index is 0.163. The summed E-state index contributed by atoms with van der Waals surface area (Å²) in [4.78, 5) is 19.4. The van der Waals surface area contributed by atoms with Crippen molar-refractivity contribution in [3.05, 3.63) is 39.5 Å². The Balaban J connectivity index is 1.55. The molecule has 3 aromatic rings. The molecule has 30 heavy (non-hydrogen) atoms. The molecule has 1 unspecified atom stereocenters. The Labute approximate surface area is 179 Å². The molecule has 3 aromatic heterocycles. The molecule has 1 saturated carbocycles. The van der Waals surface area contributed by atoms with Gasteiger partial charge in [-0.1, -0.05) is 6.92 Å². The van der Waals surface area contributed by atoms with Crippen LogP contribution in [0.4, 0.5) is 5.00 Å². The van der Waals surface area contributed by atoms with Crippen LogP contribution in [0, 0.1) is 17.2 Å². The molecule has 5 rings (SSSR count). The number of aromatic nitrogens is 3. The van der Waals surface area contributed by atoms with Gasteiger partial charge in [-0.25, -0.2) is 9.67 Å². The minimum Gasteiger partial charge on any atom is -0.312 e. The lowest BCUT2D eigenvalue weighted by atomic mass is 9.88. The first kappa shape index (κ1) is 19.3. The first-order chi connectivity index (χ1) is 14.5. The topological polar surface area (TPSA) is 83.6 Å². The molecule has 1 atom stereocenters. The Bertz CT molecular complexity index is 1190. The molecule has 2 aliphatic carbocycles.